The third-order valence-electron chi connectivity index (χ3n) is 5.63. The van der Waals surface area contributed by atoms with Gasteiger partial charge in [0.05, 0.1) is 5.30 Å². The van der Waals surface area contributed by atoms with Crippen LogP contribution in [0.1, 0.15) is 6.92 Å². The van der Waals surface area contributed by atoms with Gasteiger partial charge in [-0.15, -0.1) is 0 Å². The second kappa shape index (κ2) is 8.39. The average molecular weight is 457 g/mol. The van der Waals surface area contributed by atoms with Gasteiger partial charge in [-0.1, -0.05) is 59.2 Å². The van der Waals surface area contributed by atoms with Gasteiger partial charge >= 0.3 is 15.3 Å². The van der Waals surface area contributed by atoms with E-state index >= 15 is 0 Å². The van der Waals surface area contributed by atoms with Crippen molar-refractivity contribution in [2.75, 3.05) is 17.6 Å². The standard InChI is InChI=1S/C26H23N2O2P2/c1-2-31(29)32-26-23(22-5-3-4-6-24(22)30-32)16-15-21(17-7-11-19(27)12-8-17)25(26)18-9-13-20(28)14-10-18/h3-16H,2,27-28H2,1H3/q+1. The van der Waals surface area contributed by atoms with Crippen LogP contribution in [-0.2, 0) is 4.57 Å². The average Bonchev–Trinajstić information content (AvgIpc) is 2.83. The topological polar surface area (TPSA) is 78.3 Å². The summed E-state index contributed by atoms with van der Waals surface area (Å²) in [6.07, 6.45) is 0.565. The van der Waals surface area contributed by atoms with E-state index in [0.717, 1.165) is 44.4 Å². The Balaban J connectivity index is 1.87. The minimum absolute atomic E-state index is 0.565. The number of anilines is 2. The van der Waals surface area contributed by atoms with Crippen molar-refractivity contribution in [3.8, 4) is 39.1 Å². The molecule has 1 aliphatic heterocycles. The van der Waals surface area contributed by atoms with Gasteiger partial charge in [-0.25, -0.2) is 0 Å². The Labute approximate surface area is 189 Å². The Morgan fingerprint density at radius 1 is 0.750 bits per heavy atom. The van der Waals surface area contributed by atoms with Gasteiger partial charge in [-0.2, -0.15) is 0 Å². The number of fused-ring (bicyclic) bond motifs is 3. The molecule has 0 saturated carbocycles. The largest absolute Gasteiger partial charge is 0.428 e. The van der Waals surface area contributed by atoms with E-state index in [1.54, 1.807) is 0 Å². The first-order chi connectivity index (χ1) is 15.6. The molecule has 158 valence electrons. The summed E-state index contributed by atoms with van der Waals surface area (Å²) in [4.78, 5) is 0. The third kappa shape index (κ3) is 3.56. The third-order valence-corrected chi connectivity index (χ3v) is 10.7. The molecule has 4 N–H and O–H groups in total. The van der Waals surface area contributed by atoms with Crippen molar-refractivity contribution in [1.82, 2.24) is 0 Å². The molecule has 0 saturated heterocycles. The van der Waals surface area contributed by atoms with Crippen molar-refractivity contribution < 1.29 is 9.09 Å². The number of hydrogen-bond acceptors (Lipinski definition) is 4. The molecule has 2 unspecified atom stereocenters. The van der Waals surface area contributed by atoms with Gasteiger partial charge in [0, 0.05) is 28.1 Å². The summed E-state index contributed by atoms with van der Waals surface area (Å²) in [6.45, 7) is 1.96. The molecule has 2 atom stereocenters. The summed E-state index contributed by atoms with van der Waals surface area (Å²) >= 11 is 0. The predicted octanol–water partition coefficient (Wildman–Crippen LogP) is 7.03. The normalized spacial score (nSPS) is 14.8. The van der Waals surface area contributed by atoms with Gasteiger partial charge in [0.25, 0.3) is 0 Å². The van der Waals surface area contributed by atoms with Gasteiger partial charge in [0.2, 0.25) is 0 Å². The molecular formula is C26H23N2O2P2+. The fourth-order valence-corrected chi connectivity index (χ4v) is 8.50. The van der Waals surface area contributed by atoms with Gasteiger partial charge in [0.1, 0.15) is 11.9 Å². The monoisotopic (exact) mass is 457 g/mol. The number of nitrogen functional groups attached to an aromatic ring is 2. The van der Waals surface area contributed by atoms with E-state index < -0.39 is 15.3 Å². The van der Waals surface area contributed by atoms with E-state index in [4.69, 9.17) is 16.0 Å². The Bertz CT molecular complexity index is 1320. The lowest BCUT2D eigenvalue weighted by Crippen LogP contribution is -2.16. The second-order valence-corrected chi connectivity index (χ2v) is 12.6. The molecule has 0 radical (unpaired) electrons. The maximum atomic E-state index is 13.3. The predicted molar refractivity (Wildman–Crippen MR) is 137 cm³/mol. The molecule has 1 aliphatic rings. The molecule has 5 rings (SSSR count). The van der Waals surface area contributed by atoms with Crippen molar-refractivity contribution in [2.45, 2.75) is 6.92 Å². The molecule has 0 fully saturated rings. The Kier molecular flexibility index (Phi) is 5.43. The number of para-hydroxylation sites is 1. The molecule has 4 aromatic carbocycles. The fraction of sp³-hybridized carbons (Fsp3) is 0.0769. The zero-order chi connectivity index (χ0) is 22.2. The fourth-order valence-electron chi connectivity index (χ4n) is 4.05. The van der Waals surface area contributed by atoms with Crippen LogP contribution in [0.4, 0.5) is 11.4 Å². The van der Waals surface area contributed by atoms with E-state index in [1.807, 2.05) is 73.7 Å². The molecule has 0 spiro atoms. The summed E-state index contributed by atoms with van der Waals surface area (Å²) in [5.74, 6) is 0.798. The molecule has 4 aromatic rings. The molecule has 0 aromatic heterocycles. The van der Waals surface area contributed by atoms with Crippen LogP contribution < -0.4 is 21.3 Å². The Hall–Kier alpha value is -3.19. The minimum atomic E-state index is -1.56. The van der Waals surface area contributed by atoms with Crippen LogP contribution in [-0.4, -0.2) is 6.16 Å². The quantitative estimate of drug-likeness (QED) is 0.255. The highest BCUT2D eigenvalue weighted by Gasteiger charge is 2.44. The zero-order valence-corrected chi connectivity index (χ0v) is 19.4. The smallest absolute Gasteiger partial charge is 0.403 e. The first-order valence-corrected chi connectivity index (χ1v) is 13.9. The van der Waals surface area contributed by atoms with Crippen LogP contribution in [0.5, 0.6) is 5.75 Å². The lowest BCUT2D eigenvalue weighted by molar-refractivity contribution is 0.588. The maximum Gasteiger partial charge on any atom is 0.403 e. The molecular weight excluding hydrogens is 434 g/mol. The van der Waals surface area contributed by atoms with Gasteiger partial charge < -0.3 is 16.0 Å². The van der Waals surface area contributed by atoms with Gasteiger partial charge in [0.15, 0.2) is 0 Å². The van der Waals surface area contributed by atoms with E-state index in [-0.39, 0.29) is 0 Å². The van der Waals surface area contributed by atoms with Gasteiger partial charge in [-0.05, 0) is 53.9 Å². The van der Waals surface area contributed by atoms with E-state index in [0.29, 0.717) is 17.5 Å². The highest BCUT2D eigenvalue weighted by Crippen LogP contribution is 2.66. The Morgan fingerprint density at radius 2 is 1.34 bits per heavy atom. The van der Waals surface area contributed by atoms with Crippen LogP contribution in [0.3, 0.4) is 0 Å². The lowest BCUT2D eigenvalue weighted by atomic mass is 9.90. The summed E-state index contributed by atoms with van der Waals surface area (Å²) in [6, 6.07) is 28.0. The zero-order valence-electron chi connectivity index (χ0n) is 17.7. The van der Waals surface area contributed by atoms with Gasteiger partial charge in [-0.3, -0.25) is 0 Å². The summed E-state index contributed by atoms with van der Waals surface area (Å²) in [5.41, 5.74) is 19.6. The molecule has 0 amide bonds. The van der Waals surface area contributed by atoms with Crippen molar-refractivity contribution in [1.29, 1.82) is 0 Å². The van der Waals surface area contributed by atoms with Crippen LogP contribution in [0.25, 0.3) is 33.4 Å². The first-order valence-electron chi connectivity index (χ1n) is 10.5. The van der Waals surface area contributed by atoms with Crippen molar-refractivity contribution in [2.24, 2.45) is 0 Å². The van der Waals surface area contributed by atoms with Crippen molar-refractivity contribution >= 4 is 32.0 Å². The number of hydrogen-bond donors (Lipinski definition) is 2. The lowest BCUT2D eigenvalue weighted by Gasteiger charge is -2.26. The summed E-state index contributed by atoms with van der Waals surface area (Å²) in [7, 11) is -2.91. The molecule has 4 nitrogen and oxygen atoms in total. The molecule has 32 heavy (non-hydrogen) atoms. The van der Waals surface area contributed by atoms with Crippen LogP contribution in [0, 0.1) is 0 Å². The molecule has 1 heterocycles. The number of rotatable bonds is 4. The maximum absolute atomic E-state index is 13.3. The van der Waals surface area contributed by atoms with Crippen molar-refractivity contribution in [3.05, 3.63) is 84.9 Å². The van der Waals surface area contributed by atoms with Crippen LogP contribution in [0.2, 0.25) is 0 Å². The highest BCUT2D eigenvalue weighted by atomic mass is 32.1. The van der Waals surface area contributed by atoms with E-state index in [2.05, 4.69) is 18.2 Å². The Morgan fingerprint density at radius 3 is 2.00 bits per heavy atom. The summed E-state index contributed by atoms with van der Waals surface area (Å²) in [5, 5.41) is 1.03. The molecule has 6 heteroatoms. The first kappa shape index (κ1) is 20.7. The SMILES string of the molecule is CC[P+](=O)P1Oc2ccccc2-c2ccc(-c3ccc(N)cc3)c(-c3ccc(N)cc3)c21. The van der Waals surface area contributed by atoms with Crippen molar-refractivity contribution in [3.63, 3.8) is 0 Å². The number of benzene rings is 4. The molecule has 0 bridgehead atoms. The minimum Gasteiger partial charge on any atom is -0.428 e. The van der Waals surface area contributed by atoms with Crippen LogP contribution in [0.15, 0.2) is 84.9 Å². The highest BCUT2D eigenvalue weighted by molar-refractivity contribution is 8.25. The molecule has 0 aliphatic carbocycles. The second-order valence-electron chi connectivity index (χ2n) is 7.66. The summed E-state index contributed by atoms with van der Waals surface area (Å²) < 4.78 is 19.7. The van der Waals surface area contributed by atoms with Crippen LogP contribution >= 0.6 is 15.3 Å². The number of nitrogens with two attached hydrogens (primary N) is 2. The van der Waals surface area contributed by atoms with E-state index in [1.165, 1.54) is 0 Å². The van der Waals surface area contributed by atoms with E-state index in [9.17, 15) is 4.57 Å².